The predicted molar refractivity (Wildman–Crippen MR) is 99.7 cm³/mol. The maximum atomic E-state index is 12.2. The number of nitrogens with one attached hydrogen (secondary N) is 1. The number of rotatable bonds is 5. The topological polar surface area (TPSA) is 75.3 Å². The minimum atomic E-state index is -0.453. The highest BCUT2D eigenvalue weighted by Gasteiger charge is 2.18. The maximum Gasteiger partial charge on any atom is 0.262 e. The van der Waals surface area contributed by atoms with Gasteiger partial charge in [0.25, 0.3) is 5.91 Å². The van der Waals surface area contributed by atoms with Crippen LogP contribution in [-0.4, -0.2) is 25.2 Å². The van der Waals surface area contributed by atoms with Crippen molar-refractivity contribution >= 4 is 35.2 Å². The number of carbonyl (C=O) groups excluding carboxylic acids is 1. The van der Waals surface area contributed by atoms with Crippen LogP contribution in [0.1, 0.15) is 18.6 Å². The Hall–Kier alpha value is -2.26. The molecule has 1 N–H and O–H groups in total. The Kier molecular flexibility index (Phi) is 6.00. The van der Waals surface area contributed by atoms with E-state index in [0.29, 0.717) is 40.3 Å². The first-order valence-electron chi connectivity index (χ1n) is 8.13. The highest BCUT2D eigenvalue weighted by atomic mass is 35.5. The first-order valence-corrected chi connectivity index (χ1v) is 8.89. The van der Waals surface area contributed by atoms with Crippen LogP contribution < -0.4 is 5.32 Å². The number of amides is 1. The van der Waals surface area contributed by atoms with E-state index < -0.39 is 5.91 Å². The highest BCUT2D eigenvalue weighted by molar-refractivity contribution is 6.36. The third-order valence-electron chi connectivity index (χ3n) is 3.99. The summed E-state index contributed by atoms with van der Waals surface area (Å²) in [6.45, 7) is 1.10. The van der Waals surface area contributed by atoms with Gasteiger partial charge in [0.1, 0.15) is 23.2 Å². The largest absolute Gasteiger partial charge is 0.457 e. The third-order valence-corrected chi connectivity index (χ3v) is 4.54. The number of carbonyl (C=O) groups is 1. The number of benzene rings is 1. The first kappa shape index (κ1) is 18.5. The molecular weight excluding hydrogens is 375 g/mol. The van der Waals surface area contributed by atoms with E-state index >= 15 is 0 Å². The zero-order chi connectivity index (χ0) is 18.5. The van der Waals surface area contributed by atoms with Gasteiger partial charge in [-0.2, -0.15) is 5.26 Å². The molecule has 1 aliphatic heterocycles. The molecule has 1 saturated heterocycles. The second-order valence-electron chi connectivity index (χ2n) is 5.84. The molecule has 1 aromatic carbocycles. The lowest BCUT2D eigenvalue weighted by Gasteiger charge is -2.09. The minimum absolute atomic E-state index is 0.0150. The van der Waals surface area contributed by atoms with Crippen LogP contribution >= 0.6 is 23.2 Å². The lowest BCUT2D eigenvalue weighted by Crippen LogP contribution is -2.32. The monoisotopic (exact) mass is 390 g/mol. The van der Waals surface area contributed by atoms with Crippen molar-refractivity contribution in [3.05, 3.63) is 51.7 Å². The number of nitrogens with zero attached hydrogens (tertiary/aromatic N) is 1. The smallest absolute Gasteiger partial charge is 0.262 e. The fourth-order valence-electron chi connectivity index (χ4n) is 2.66. The summed E-state index contributed by atoms with van der Waals surface area (Å²) in [5, 5.41) is 13.0. The predicted octanol–water partition coefficient (Wildman–Crippen LogP) is 4.46. The van der Waals surface area contributed by atoms with Crippen LogP contribution in [0.25, 0.3) is 17.4 Å². The molecule has 134 valence electrons. The van der Waals surface area contributed by atoms with Gasteiger partial charge in [0.2, 0.25) is 0 Å². The number of nitriles is 1. The Morgan fingerprint density at radius 3 is 2.88 bits per heavy atom. The van der Waals surface area contributed by atoms with Crippen LogP contribution in [0.15, 0.2) is 40.3 Å². The van der Waals surface area contributed by atoms with Crippen LogP contribution in [0.4, 0.5) is 0 Å². The molecule has 2 aromatic rings. The van der Waals surface area contributed by atoms with E-state index in [1.54, 1.807) is 30.3 Å². The lowest BCUT2D eigenvalue weighted by atomic mass is 10.2. The standard InChI is InChI=1S/C19H16Cl2N2O3/c20-13-3-5-16(17(21)9-13)18-6-4-14(26-18)8-12(10-22)19(24)23-11-15-2-1-7-25-15/h3-6,8-9,15H,1-2,7,11H2,(H,23,24)/b12-8+/t15-/m1/s1. The van der Waals surface area contributed by atoms with Crippen LogP contribution in [-0.2, 0) is 9.53 Å². The Bertz CT molecular complexity index is 877. The molecule has 5 nitrogen and oxygen atoms in total. The lowest BCUT2D eigenvalue weighted by molar-refractivity contribution is -0.117. The molecule has 0 bridgehead atoms. The van der Waals surface area contributed by atoms with E-state index in [2.05, 4.69) is 5.32 Å². The van der Waals surface area contributed by atoms with Crippen molar-refractivity contribution in [1.29, 1.82) is 5.26 Å². The van der Waals surface area contributed by atoms with Gasteiger partial charge in [-0.3, -0.25) is 4.79 Å². The molecule has 1 fully saturated rings. The zero-order valence-electron chi connectivity index (χ0n) is 13.8. The van der Waals surface area contributed by atoms with Gasteiger partial charge in [-0.15, -0.1) is 0 Å². The number of furan rings is 1. The molecule has 0 unspecified atom stereocenters. The number of hydrogen-bond donors (Lipinski definition) is 1. The van der Waals surface area contributed by atoms with E-state index in [1.807, 2.05) is 6.07 Å². The van der Waals surface area contributed by atoms with Gasteiger partial charge in [0.15, 0.2) is 0 Å². The molecule has 0 saturated carbocycles. The quantitative estimate of drug-likeness (QED) is 0.603. The van der Waals surface area contributed by atoms with E-state index in [0.717, 1.165) is 12.8 Å². The number of hydrogen-bond acceptors (Lipinski definition) is 4. The summed E-state index contributed by atoms with van der Waals surface area (Å²) in [4.78, 5) is 12.2. The average molecular weight is 391 g/mol. The number of halogens is 2. The van der Waals surface area contributed by atoms with E-state index in [-0.39, 0.29) is 11.7 Å². The molecule has 26 heavy (non-hydrogen) atoms. The van der Waals surface area contributed by atoms with Gasteiger partial charge in [0, 0.05) is 29.8 Å². The van der Waals surface area contributed by atoms with E-state index in [1.165, 1.54) is 6.08 Å². The van der Waals surface area contributed by atoms with E-state index in [9.17, 15) is 10.1 Å². The molecule has 3 rings (SSSR count). The summed E-state index contributed by atoms with van der Waals surface area (Å²) in [6.07, 6.45) is 3.32. The average Bonchev–Trinajstić information content (AvgIpc) is 3.29. The minimum Gasteiger partial charge on any atom is -0.457 e. The summed E-state index contributed by atoms with van der Waals surface area (Å²) in [5.41, 5.74) is 0.642. The molecule has 0 radical (unpaired) electrons. The van der Waals surface area contributed by atoms with Crippen LogP contribution in [0, 0.1) is 11.3 Å². The fourth-order valence-corrected chi connectivity index (χ4v) is 3.16. The van der Waals surface area contributed by atoms with Gasteiger partial charge >= 0.3 is 0 Å². The summed E-state index contributed by atoms with van der Waals surface area (Å²) in [7, 11) is 0. The highest BCUT2D eigenvalue weighted by Crippen LogP contribution is 2.31. The molecule has 0 spiro atoms. The summed E-state index contributed by atoms with van der Waals surface area (Å²) >= 11 is 12.1. The van der Waals surface area contributed by atoms with Crippen molar-refractivity contribution in [3.63, 3.8) is 0 Å². The van der Waals surface area contributed by atoms with E-state index in [4.69, 9.17) is 32.4 Å². The number of ether oxygens (including phenoxy) is 1. The normalized spacial score (nSPS) is 17.1. The Morgan fingerprint density at radius 2 is 2.19 bits per heavy atom. The Balaban J connectivity index is 1.72. The second-order valence-corrected chi connectivity index (χ2v) is 6.68. The van der Waals surface area contributed by atoms with Crippen LogP contribution in [0.3, 0.4) is 0 Å². The third kappa shape index (κ3) is 4.47. The fraction of sp³-hybridized carbons (Fsp3) is 0.263. The Morgan fingerprint density at radius 1 is 1.35 bits per heavy atom. The van der Waals surface area contributed by atoms with Gasteiger partial charge < -0.3 is 14.5 Å². The molecule has 1 aromatic heterocycles. The van der Waals surface area contributed by atoms with Crippen molar-refractivity contribution in [1.82, 2.24) is 5.32 Å². The van der Waals surface area contributed by atoms with Crippen molar-refractivity contribution in [2.24, 2.45) is 0 Å². The molecule has 1 amide bonds. The molecule has 1 atom stereocenters. The van der Waals surface area contributed by atoms with Gasteiger partial charge in [0.05, 0.1) is 11.1 Å². The first-order chi connectivity index (χ1) is 12.6. The molecule has 1 aliphatic rings. The van der Waals surface area contributed by atoms with Gasteiger partial charge in [-0.05, 0) is 43.2 Å². The van der Waals surface area contributed by atoms with Crippen molar-refractivity contribution in [2.45, 2.75) is 18.9 Å². The summed E-state index contributed by atoms with van der Waals surface area (Å²) in [6, 6.07) is 10.4. The zero-order valence-corrected chi connectivity index (χ0v) is 15.3. The second kappa shape index (κ2) is 8.41. The molecule has 2 heterocycles. The van der Waals surface area contributed by atoms with Crippen molar-refractivity contribution < 1.29 is 13.9 Å². The van der Waals surface area contributed by atoms with Gasteiger partial charge in [-0.1, -0.05) is 23.2 Å². The summed E-state index contributed by atoms with van der Waals surface area (Å²) in [5.74, 6) is 0.454. The van der Waals surface area contributed by atoms with Crippen molar-refractivity contribution in [2.75, 3.05) is 13.2 Å². The maximum absolute atomic E-state index is 12.2. The van der Waals surface area contributed by atoms with Crippen molar-refractivity contribution in [3.8, 4) is 17.4 Å². The molecule has 0 aliphatic carbocycles. The Labute approximate surface area is 161 Å². The summed E-state index contributed by atoms with van der Waals surface area (Å²) < 4.78 is 11.1. The molecular formula is C19H16Cl2N2O3. The van der Waals surface area contributed by atoms with Gasteiger partial charge in [-0.25, -0.2) is 0 Å². The van der Waals surface area contributed by atoms with Crippen LogP contribution in [0.2, 0.25) is 10.0 Å². The van der Waals surface area contributed by atoms with Crippen LogP contribution in [0.5, 0.6) is 0 Å². The SMILES string of the molecule is N#C/C(=C\c1ccc(-c2ccc(Cl)cc2Cl)o1)C(=O)NC[C@H]1CCCO1. The molecule has 7 heteroatoms.